The van der Waals surface area contributed by atoms with Gasteiger partial charge in [-0.2, -0.15) is 5.26 Å². The monoisotopic (exact) mass is 521 g/mol. The number of benzene rings is 3. The Morgan fingerprint density at radius 1 is 0.974 bits per heavy atom. The Labute approximate surface area is 228 Å². The minimum absolute atomic E-state index is 0.00508. The molecule has 3 heterocycles. The van der Waals surface area contributed by atoms with Crippen molar-refractivity contribution in [1.82, 2.24) is 4.90 Å². The fourth-order valence-corrected chi connectivity index (χ4v) is 5.99. The van der Waals surface area contributed by atoms with Crippen molar-refractivity contribution in [2.45, 2.75) is 12.5 Å². The average molecular weight is 522 g/mol. The van der Waals surface area contributed by atoms with E-state index in [-0.39, 0.29) is 23.8 Å². The van der Waals surface area contributed by atoms with Gasteiger partial charge in [-0.1, -0.05) is 36.4 Å². The molecule has 2 amide bonds. The highest BCUT2D eigenvalue weighted by molar-refractivity contribution is 6.08. The first kappa shape index (κ1) is 25.1. The Morgan fingerprint density at radius 3 is 2.46 bits per heavy atom. The molecule has 2 atom stereocenters. The van der Waals surface area contributed by atoms with Gasteiger partial charge in [-0.05, 0) is 47.9 Å². The minimum atomic E-state index is -0.141. The summed E-state index contributed by atoms with van der Waals surface area (Å²) in [4.78, 5) is 32.3. The summed E-state index contributed by atoms with van der Waals surface area (Å²) in [6.07, 6.45) is 0.722. The van der Waals surface area contributed by atoms with Crippen LogP contribution in [0.15, 0.2) is 66.7 Å². The van der Waals surface area contributed by atoms with E-state index in [2.05, 4.69) is 33.3 Å². The Morgan fingerprint density at radius 2 is 1.72 bits per heavy atom. The number of anilines is 3. The lowest BCUT2D eigenvalue weighted by atomic mass is 9.93. The molecule has 198 valence electrons. The number of nitrogens with zero attached hydrogens (tertiary/aromatic N) is 4. The molecular weight excluding hydrogens is 490 g/mol. The standard InChI is InChI=1S/C31H31N5O3/c1-34-28-9-5-4-8-26(28)29(24-6-2-3-7-25(24)31(34)38)36-15-13-35(14-16-36)27-11-10-23(18-22(27)19-32)33-30(37)21-12-17-39-20-21/h2-11,18,21,29H,12-17,20H2,1H3,(H,33,37). The molecule has 8 nitrogen and oxygen atoms in total. The number of nitriles is 1. The quantitative estimate of drug-likeness (QED) is 0.558. The molecule has 1 N–H and O–H groups in total. The van der Waals surface area contributed by atoms with Gasteiger partial charge in [0, 0.05) is 56.8 Å². The Balaban J connectivity index is 1.23. The van der Waals surface area contributed by atoms with Crippen molar-refractivity contribution < 1.29 is 14.3 Å². The van der Waals surface area contributed by atoms with E-state index in [0.29, 0.717) is 24.5 Å². The third-order valence-electron chi connectivity index (χ3n) is 8.09. The SMILES string of the molecule is CN1C(=O)c2ccccc2C(N2CCN(c3ccc(NC(=O)C4CCOC4)cc3C#N)CC2)c2ccccc21. The third kappa shape index (κ3) is 4.65. The van der Waals surface area contributed by atoms with Gasteiger partial charge < -0.3 is 19.9 Å². The van der Waals surface area contributed by atoms with E-state index in [9.17, 15) is 14.9 Å². The fourth-order valence-electron chi connectivity index (χ4n) is 5.99. The molecule has 8 heteroatoms. The van der Waals surface area contributed by atoms with Gasteiger partial charge in [0.15, 0.2) is 0 Å². The van der Waals surface area contributed by atoms with Crippen LogP contribution in [0, 0.1) is 17.2 Å². The fraction of sp³-hybridized carbons (Fsp3) is 0.323. The molecule has 3 aromatic rings. The minimum Gasteiger partial charge on any atom is -0.381 e. The molecule has 0 aliphatic carbocycles. The van der Waals surface area contributed by atoms with E-state index >= 15 is 0 Å². The van der Waals surface area contributed by atoms with Crippen LogP contribution in [0.1, 0.15) is 39.5 Å². The van der Waals surface area contributed by atoms with Gasteiger partial charge in [0.25, 0.3) is 5.91 Å². The van der Waals surface area contributed by atoms with Crippen molar-refractivity contribution in [2.75, 3.05) is 61.6 Å². The molecule has 3 aromatic carbocycles. The predicted molar refractivity (Wildman–Crippen MR) is 150 cm³/mol. The van der Waals surface area contributed by atoms with Crippen molar-refractivity contribution >= 4 is 28.9 Å². The molecule has 2 saturated heterocycles. The smallest absolute Gasteiger partial charge is 0.258 e. The summed E-state index contributed by atoms with van der Waals surface area (Å²) in [7, 11) is 1.84. The molecule has 39 heavy (non-hydrogen) atoms. The molecule has 0 spiro atoms. The molecular formula is C31H31N5O3. The second-order valence-corrected chi connectivity index (χ2v) is 10.3. The van der Waals surface area contributed by atoms with Crippen LogP contribution in [-0.4, -0.2) is 63.2 Å². The number of carbonyl (C=O) groups is 2. The zero-order valence-corrected chi connectivity index (χ0v) is 22.0. The van der Waals surface area contributed by atoms with Gasteiger partial charge in [0.2, 0.25) is 5.91 Å². The predicted octanol–water partition coefficient (Wildman–Crippen LogP) is 4.03. The topological polar surface area (TPSA) is 88.9 Å². The number of carbonyl (C=O) groups excluding carboxylic acids is 2. The normalized spacial score (nSPS) is 21.1. The van der Waals surface area contributed by atoms with E-state index in [4.69, 9.17) is 4.74 Å². The lowest BCUT2D eigenvalue weighted by molar-refractivity contribution is -0.119. The van der Waals surface area contributed by atoms with Crippen molar-refractivity contribution in [3.63, 3.8) is 0 Å². The summed E-state index contributed by atoms with van der Waals surface area (Å²) in [5, 5.41) is 12.9. The van der Waals surface area contributed by atoms with E-state index < -0.39 is 0 Å². The van der Waals surface area contributed by atoms with Crippen LogP contribution in [0.4, 0.5) is 17.1 Å². The van der Waals surface area contributed by atoms with Crippen molar-refractivity contribution in [3.8, 4) is 6.07 Å². The average Bonchev–Trinajstić information content (AvgIpc) is 3.50. The lowest BCUT2D eigenvalue weighted by Gasteiger charge is -2.41. The first-order chi connectivity index (χ1) is 19.0. The first-order valence-corrected chi connectivity index (χ1v) is 13.4. The van der Waals surface area contributed by atoms with Crippen LogP contribution >= 0.6 is 0 Å². The van der Waals surface area contributed by atoms with Gasteiger partial charge in [-0.3, -0.25) is 14.5 Å². The summed E-state index contributed by atoms with van der Waals surface area (Å²) in [5.74, 6) is -0.200. The molecule has 0 bridgehead atoms. The molecule has 3 aliphatic heterocycles. The van der Waals surface area contributed by atoms with E-state index in [0.717, 1.165) is 60.7 Å². The Kier molecular flexibility index (Phi) is 6.77. The van der Waals surface area contributed by atoms with Gasteiger partial charge in [-0.25, -0.2) is 0 Å². The number of nitrogens with one attached hydrogen (secondary N) is 1. The number of hydrogen-bond donors (Lipinski definition) is 1. The summed E-state index contributed by atoms with van der Waals surface area (Å²) >= 11 is 0. The van der Waals surface area contributed by atoms with Gasteiger partial charge >= 0.3 is 0 Å². The van der Waals surface area contributed by atoms with Crippen LogP contribution < -0.4 is 15.1 Å². The molecule has 0 radical (unpaired) electrons. The van der Waals surface area contributed by atoms with Crippen LogP contribution in [0.3, 0.4) is 0 Å². The van der Waals surface area contributed by atoms with Crippen molar-refractivity contribution in [3.05, 3.63) is 89.0 Å². The Hall–Kier alpha value is -4.19. The third-order valence-corrected chi connectivity index (χ3v) is 8.09. The summed E-state index contributed by atoms with van der Waals surface area (Å²) in [6, 6.07) is 23.9. The van der Waals surface area contributed by atoms with E-state index in [1.165, 1.54) is 0 Å². The molecule has 0 aromatic heterocycles. The zero-order valence-electron chi connectivity index (χ0n) is 22.0. The highest BCUT2D eigenvalue weighted by atomic mass is 16.5. The maximum atomic E-state index is 13.3. The first-order valence-electron chi connectivity index (χ1n) is 13.4. The number of para-hydroxylation sites is 1. The Bertz CT molecular complexity index is 1450. The largest absolute Gasteiger partial charge is 0.381 e. The molecule has 2 unspecified atom stereocenters. The maximum Gasteiger partial charge on any atom is 0.258 e. The lowest BCUT2D eigenvalue weighted by Crippen LogP contribution is -2.48. The van der Waals surface area contributed by atoms with Gasteiger partial charge in [0.05, 0.1) is 29.8 Å². The zero-order chi connectivity index (χ0) is 26.9. The highest BCUT2D eigenvalue weighted by Gasteiger charge is 2.35. The number of rotatable bonds is 4. The van der Waals surface area contributed by atoms with Gasteiger partial charge in [-0.15, -0.1) is 0 Å². The van der Waals surface area contributed by atoms with E-state index in [1.807, 2.05) is 55.6 Å². The highest BCUT2D eigenvalue weighted by Crippen LogP contribution is 2.40. The van der Waals surface area contributed by atoms with Crippen LogP contribution in [-0.2, 0) is 9.53 Å². The number of hydrogen-bond acceptors (Lipinski definition) is 6. The number of fused-ring (bicyclic) bond motifs is 2. The van der Waals surface area contributed by atoms with Crippen molar-refractivity contribution in [1.29, 1.82) is 5.26 Å². The second kappa shape index (κ2) is 10.5. The van der Waals surface area contributed by atoms with Gasteiger partial charge in [0.1, 0.15) is 6.07 Å². The number of ether oxygens (including phenoxy) is 1. The summed E-state index contributed by atoms with van der Waals surface area (Å²) < 4.78 is 5.33. The number of piperazine rings is 1. The second-order valence-electron chi connectivity index (χ2n) is 10.3. The summed E-state index contributed by atoms with van der Waals surface area (Å²) in [6.45, 7) is 4.08. The molecule has 0 saturated carbocycles. The number of amides is 2. The maximum absolute atomic E-state index is 13.3. The molecule has 3 aliphatic rings. The van der Waals surface area contributed by atoms with E-state index in [1.54, 1.807) is 11.0 Å². The van der Waals surface area contributed by atoms with Crippen LogP contribution in [0.2, 0.25) is 0 Å². The molecule has 6 rings (SSSR count). The van der Waals surface area contributed by atoms with Crippen molar-refractivity contribution in [2.24, 2.45) is 5.92 Å². The van der Waals surface area contributed by atoms with Crippen LogP contribution in [0.25, 0.3) is 0 Å². The summed E-state index contributed by atoms with van der Waals surface area (Å²) in [5.41, 5.74) is 5.86. The molecule has 2 fully saturated rings. The van der Waals surface area contributed by atoms with Crippen LogP contribution in [0.5, 0.6) is 0 Å².